The topological polar surface area (TPSA) is 32.3 Å². The summed E-state index contributed by atoms with van der Waals surface area (Å²) in [6, 6.07) is 4.23. The van der Waals surface area contributed by atoms with Gasteiger partial charge in [0.25, 0.3) is 0 Å². The van der Waals surface area contributed by atoms with Gasteiger partial charge in [-0.25, -0.2) is 4.39 Å². The molecule has 1 aromatic carbocycles. The fourth-order valence-corrected chi connectivity index (χ4v) is 3.19. The molecule has 1 heterocycles. The molecule has 21 heavy (non-hydrogen) atoms. The van der Waals surface area contributed by atoms with Gasteiger partial charge in [-0.2, -0.15) is 0 Å². The lowest BCUT2D eigenvalue weighted by atomic mass is 9.91. The van der Waals surface area contributed by atoms with Crippen LogP contribution >= 0.6 is 11.6 Å². The van der Waals surface area contributed by atoms with Crippen LogP contribution in [0.3, 0.4) is 0 Å². The lowest BCUT2D eigenvalue weighted by Crippen LogP contribution is -2.48. The highest BCUT2D eigenvalue weighted by Gasteiger charge is 2.30. The Labute approximate surface area is 130 Å². The zero-order valence-electron chi connectivity index (χ0n) is 12.7. The smallest absolute Gasteiger partial charge is 0.225 e. The molecule has 5 heteroatoms. The Kier molecular flexibility index (Phi) is 4.89. The second-order valence-electron chi connectivity index (χ2n) is 6.34. The summed E-state index contributed by atoms with van der Waals surface area (Å²) in [7, 11) is 2.02. The number of hydrogen-bond acceptors (Lipinski definition) is 2. The van der Waals surface area contributed by atoms with E-state index in [-0.39, 0.29) is 17.6 Å². The van der Waals surface area contributed by atoms with Crippen molar-refractivity contribution in [3.8, 4) is 0 Å². The Hall–Kier alpha value is -1.13. The third kappa shape index (κ3) is 3.95. The number of hydrogen-bond donors (Lipinski definition) is 1. The number of halogens is 2. The molecular weight excluding hydrogens is 291 g/mol. The van der Waals surface area contributed by atoms with Crippen molar-refractivity contribution in [2.45, 2.75) is 32.2 Å². The predicted octanol–water partition coefficient (Wildman–Crippen LogP) is 3.17. The Morgan fingerprint density at radius 2 is 2.19 bits per heavy atom. The number of carbonyl (C=O) groups is 1. The van der Waals surface area contributed by atoms with Crippen LogP contribution in [0.5, 0.6) is 0 Å². The van der Waals surface area contributed by atoms with Gasteiger partial charge in [-0.3, -0.25) is 4.79 Å². The van der Waals surface area contributed by atoms with Crippen molar-refractivity contribution < 1.29 is 9.18 Å². The first-order chi connectivity index (χ1) is 9.79. The van der Waals surface area contributed by atoms with Gasteiger partial charge in [0.05, 0.1) is 11.5 Å². The summed E-state index contributed by atoms with van der Waals surface area (Å²) >= 11 is 6.15. The fourth-order valence-electron chi connectivity index (χ4n) is 2.83. The van der Waals surface area contributed by atoms with Crippen molar-refractivity contribution in [3.05, 3.63) is 34.6 Å². The van der Waals surface area contributed by atoms with E-state index in [4.69, 9.17) is 11.6 Å². The Morgan fingerprint density at radius 1 is 1.48 bits per heavy atom. The maximum atomic E-state index is 13.4. The van der Waals surface area contributed by atoms with E-state index >= 15 is 0 Å². The number of likely N-dealkylation sites (tertiary alicyclic amines) is 1. The number of amides is 1. The second kappa shape index (κ2) is 6.32. The van der Waals surface area contributed by atoms with Crippen LogP contribution in [-0.2, 0) is 10.3 Å². The van der Waals surface area contributed by atoms with Crippen LogP contribution in [-0.4, -0.2) is 30.9 Å². The Morgan fingerprint density at radius 3 is 2.86 bits per heavy atom. The molecule has 0 saturated carbocycles. The number of nitrogens with zero attached hydrogens (tertiary/aromatic N) is 1. The molecule has 116 valence electrons. The molecule has 1 N–H and O–H groups in total. The van der Waals surface area contributed by atoms with Crippen LogP contribution < -0.4 is 5.32 Å². The van der Waals surface area contributed by atoms with E-state index in [0.717, 1.165) is 25.9 Å². The lowest BCUT2D eigenvalue weighted by molar-refractivity contribution is -0.128. The molecule has 0 aromatic heterocycles. The molecule has 0 bridgehead atoms. The number of benzene rings is 1. The van der Waals surface area contributed by atoms with Crippen LogP contribution in [0.4, 0.5) is 4.39 Å². The van der Waals surface area contributed by atoms with E-state index in [1.807, 2.05) is 20.9 Å². The largest absolute Gasteiger partial charge is 0.347 e. The van der Waals surface area contributed by atoms with E-state index in [0.29, 0.717) is 10.6 Å². The molecule has 1 fully saturated rings. The summed E-state index contributed by atoms with van der Waals surface area (Å²) < 4.78 is 13.4. The molecule has 0 unspecified atom stereocenters. The SMILES string of the molecule is CN1CCC[C@H](C(=O)NC(C)(C)c2cc(F)ccc2Cl)C1. The van der Waals surface area contributed by atoms with Crippen LogP contribution in [0.2, 0.25) is 5.02 Å². The first-order valence-electron chi connectivity index (χ1n) is 7.25. The number of piperidine rings is 1. The zero-order chi connectivity index (χ0) is 15.6. The van der Waals surface area contributed by atoms with Crippen molar-refractivity contribution in [1.82, 2.24) is 10.2 Å². The standard InChI is InChI=1S/C16H22ClFN2O/c1-16(2,13-9-12(18)6-7-14(13)17)19-15(21)11-5-4-8-20(3)10-11/h6-7,9,11H,4-5,8,10H2,1-3H3,(H,19,21)/t11-/m0/s1. The zero-order valence-corrected chi connectivity index (χ0v) is 13.5. The van der Waals surface area contributed by atoms with Crippen LogP contribution in [0.1, 0.15) is 32.3 Å². The highest BCUT2D eigenvalue weighted by atomic mass is 35.5. The van der Waals surface area contributed by atoms with E-state index in [1.54, 1.807) is 0 Å². The Bertz CT molecular complexity index is 533. The molecular formula is C16H22ClFN2O. The molecule has 1 aromatic rings. The van der Waals surface area contributed by atoms with Gasteiger partial charge in [0.1, 0.15) is 5.82 Å². The second-order valence-corrected chi connectivity index (χ2v) is 6.75. The van der Waals surface area contributed by atoms with Crippen LogP contribution in [0.15, 0.2) is 18.2 Å². The first kappa shape index (κ1) is 16.2. The molecule has 0 spiro atoms. The van der Waals surface area contributed by atoms with E-state index in [1.165, 1.54) is 18.2 Å². The molecule has 0 radical (unpaired) electrons. The summed E-state index contributed by atoms with van der Waals surface area (Å²) in [6.45, 7) is 5.48. The van der Waals surface area contributed by atoms with Crippen LogP contribution in [0, 0.1) is 11.7 Å². The molecule has 0 aliphatic carbocycles. The molecule has 1 aliphatic heterocycles. The highest BCUT2D eigenvalue weighted by Crippen LogP contribution is 2.29. The van der Waals surface area contributed by atoms with Crippen molar-refractivity contribution >= 4 is 17.5 Å². The van der Waals surface area contributed by atoms with Gasteiger partial charge in [-0.05, 0) is 64.0 Å². The van der Waals surface area contributed by atoms with E-state index in [2.05, 4.69) is 10.2 Å². The molecule has 2 rings (SSSR count). The predicted molar refractivity (Wildman–Crippen MR) is 82.8 cm³/mol. The van der Waals surface area contributed by atoms with Crippen molar-refractivity contribution in [3.63, 3.8) is 0 Å². The maximum absolute atomic E-state index is 13.4. The van der Waals surface area contributed by atoms with E-state index < -0.39 is 5.54 Å². The van der Waals surface area contributed by atoms with Gasteiger partial charge in [0.2, 0.25) is 5.91 Å². The monoisotopic (exact) mass is 312 g/mol. The van der Waals surface area contributed by atoms with Gasteiger partial charge in [-0.15, -0.1) is 0 Å². The van der Waals surface area contributed by atoms with Crippen molar-refractivity contribution in [1.29, 1.82) is 0 Å². The summed E-state index contributed by atoms with van der Waals surface area (Å²) in [5, 5.41) is 3.47. The van der Waals surface area contributed by atoms with Gasteiger partial charge in [-0.1, -0.05) is 11.6 Å². The maximum Gasteiger partial charge on any atom is 0.225 e. The summed E-state index contributed by atoms with van der Waals surface area (Å²) in [6.07, 6.45) is 1.92. The summed E-state index contributed by atoms with van der Waals surface area (Å²) in [5.74, 6) is -0.364. The van der Waals surface area contributed by atoms with Gasteiger partial charge in [0, 0.05) is 11.6 Å². The third-order valence-electron chi connectivity index (χ3n) is 4.03. The van der Waals surface area contributed by atoms with Gasteiger partial charge < -0.3 is 10.2 Å². The minimum Gasteiger partial charge on any atom is -0.347 e. The quantitative estimate of drug-likeness (QED) is 0.930. The van der Waals surface area contributed by atoms with E-state index in [9.17, 15) is 9.18 Å². The fraction of sp³-hybridized carbons (Fsp3) is 0.562. The third-order valence-corrected chi connectivity index (χ3v) is 4.36. The van der Waals surface area contributed by atoms with Crippen LogP contribution in [0.25, 0.3) is 0 Å². The average Bonchev–Trinajstić information content (AvgIpc) is 2.41. The first-order valence-corrected chi connectivity index (χ1v) is 7.63. The van der Waals surface area contributed by atoms with Crippen molar-refractivity contribution in [2.75, 3.05) is 20.1 Å². The highest BCUT2D eigenvalue weighted by molar-refractivity contribution is 6.31. The number of rotatable bonds is 3. The molecule has 1 amide bonds. The molecule has 1 aliphatic rings. The number of nitrogens with one attached hydrogen (secondary N) is 1. The summed E-state index contributed by atoms with van der Waals surface area (Å²) in [5.41, 5.74) is -0.103. The minimum absolute atomic E-state index is 0.00637. The molecule has 1 saturated heterocycles. The molecule has 1 atom stereocenters. The number of carbonyl (C=O) groups excluding carboxylic acids is 1. The van der Waals surface area contributed by atoms with Crippen molar-refractivity contribution in [2.24, 2.45) is 5.92 Å². The average molecular weight is 313 g/mol. The molecule has 3 nitrogen and oxygen atoms in total. The lowest BCUT2D eigenvalue weighted by Gasteiger charge is -2.33. The van der Waals surface area contributed by atoms with Gasteiger partial charge >= 0.3 is 0 Å². The minimum atomic E-state index is -0.702. The van der Waals surface area contributed by atoms with Gasteiger partial charge in [0.15, 0.2) is 0 Å². The normalized spacial score (nSPS) is 20.3. The summed E-state index contributed by atoms with van der Waals surface area (Å²) in [4.78, 5) is 14.6. The Balaban J connectivity index is 2.12.